The number of anilines is 2. The fourth-order valence-electron chi connectivity index (χ4n) is 2.97. The van der Waals surface area contributed by atoms with E-state index in [1.54, 1.807) is 48.5 Å². The van der Waals surface area contributed by atoms with Gasteiger partial charge in [0.15, 0.2) is 0 Å². The van der Waals surface area contributed by atoms with Crippen molar-refractivity contribution < 1.29 is 19.1 Å². The number of halogens is 1. The van der Waals surface area contributed by atoms with E-state index in [0.29, 0.717) is 22.9 Å². The molecule has 0 unspecified atom stereocenters. The van der Waals surface area contributed by atoms with Crippen molar-refractivity contribution in [2.75, 3.05) is 17.3 Å². The van der Waals surface area contributed by atoms with Crippen LogP contribution >= 0.6 is 11.6 Å². The maximum absolute atomic E-state index is 12.9. The van der Waals surface area contributed by atoms with E-state index in [1.165, 1.54) is 7.11 Å². The number of ether oxygens (including phenoxy) is 2. The lowest BCUT2D eigenvalue weighted by atomic mass is 10.2. The molecule has 150 valence electrons. The third kappa shape index (κ3) is 3.86. The van der Waals surface area contributed by atoms with Gasteiger partial charge in [0, 0.05) is 11.8 Å². The van der Waals surface area contributed by atoms with Gasteiger partial charge in [-0.05, 0) is 48.5 Å². The van der Waals surface area contributed by atoms with E-state index < -0.39 is 11.8 Å². The van der Waals surface area contributed by atoms with E-state index in [1.807, 2.05) is 30.3 Å². The molecule has 1 heterocycles. The molecular formula is C23H17ClN2O4. The first-order valence-corrected chi connectivity index (χ1v) is 9.47. The van der Waals surface area contributed by atoms with Crippen LogP contribution < -0.4 is 19.7 Å². The predicted molar refractivity (Wildman–Crippen MR) is 115 cm³/mol. The van der Waals surface area contributed by atoms with E-state index in [9.17, 15) is 9.59 Å². The molecule has 0 aliphatic carbocycles. The molecule has 1 aliphatic heterocycles. The molecule has 0 aromatic heterocycles. The van der Waals surface area contributed by atoms with Crippen LogP contribution in [0.2, 0.25) is 0 Å². The van der Waals surface area contributed by atoms with Gasteiger partial charge in [-0.25, -0.2) is 4.90 Å². The van der Waals surface area contributed by atoms with Gasteiger partial charge >= 0.3 is 0 Å². The van der Waals surface area contributed by atoms with Crippen LogP contribution in [-0.2, 0) is 9.59 Å². The van der Waals surface area contributed by atoms with Gasteiger partial charge in [0.2, 0.25) is 0 Å². The van der Waals surface area contributed by atoms with Gasteiger partial charge in [-0.2, -0.15) is 0 Å². The van der Waals surface area contributed by atoms with E-state index in [4.69, 9.17) is 21.1 Å². The van der Waals surface area contributed by atoms with Crippen molar-refractivity contribution in [3.05, 3.63) is 89.6 Å². The Kier molecular flexibility index (Phi) is 5.41. The number of para-hydroxylation sites is 1. The molecule has 0 saturated heterocycles. The Labute approximate surface area is 178 Å². The van der Waals surface area contributed by atoms with Gasteiger partial charge in [-0.3, -0.25) is 9.59 Å². The summed E-state index contributed by atoms with van der Waals surface area (Å²) in [6.45, 7) is 0. The maximum Gasteiger partial charge on any atom is 0.283 e. The average molecular weight is 421 g/mol. The number of imide groups is 1. The van der Waals surface area contributed by atoms with E-state index >= 15 is 0 Å². The highest BCUT2D eigenvalue weighted by Gasteiger charge is 2.39. The highest BCUT2D eigenvalue weighted by Crippen LogP contribution is 2.32. The standard InChI is InChI=1S/C23H17ClN2O4/c1-29-19-9-5-6-16(14-19)26-22(27)20(24)21(23(26)28)25-15-10-12-18(13-11-15)30-17-7-3-2-4-8-17/h2-14,25H,1H3. The van der Waals surface area contributed by atoms with Crippen LogP contribution in [0.5, 0.6) is 17.2 Å². The van der Waals surface area contributed by atoms with Gasteiger partial charge in [0.05, 0.1) is 12.8 Å². The molecule has 7 heteroatoms. The number of carbonyl (C=O) groups is 2. The van der Waals surface area contributed by atoms with Crippen molar-refractivity contribution in [1.82, 2.24) is 0 Å². The van der Waals surface area contributed by atoms with Gasteiger partial charge in [-0.1, -0.05) is 35.9 Å². The molecule has 6 nitrogen and oxygen atoms in total. The van der Waals surface area contributed by atoms with Crippen LogP contribution in [0.1, 0.15) is 0 Å². The quantitative estimate of drug-likeness (QED) is 0.573. The summed E-state index contributed by atoms with van der Waals surface area (Å²) in [7, 11) is 1.51. The first-order chi connectivity index (χ1) is 14.6. The van der Waals surface area contributed by atoms with Crippen LogP contribution in [0.4, 0.5) is 11.4 Å². The molecule has 3 aromatic carbocycles. The SMILES string of the molecule is COc1cccc(N2C(=O)C(Cl)=C(Nc3ccc(Oc4ccccc4)cc3)C2=O)c1. The number of nitrogens with zero attached hydrogens (tertiary/aromatic N) is 1. The summed E-state index contributed by atoms with van der Waals surface area (Å²) in [5.74, 6) is 0.747. The Morgan fingerprint density at radius 3 is 2.17 bits per heavy atom. The molecule has 3 aromatic rings. The van der Waals surface area contributed by atoms with Gasteiger partial charge in [0.1, 0.15) is 28.0 Å². The molecule has 1 N–H and O–H groups in total. The number of carbonyl (C=O) groups excluding carboxylic acids is 2. The normalized spacial score (nSPS) is 13.6. The number of hydrogen-bond donors (Lipinski definition) is 1. The number of nitrogens with one attached hydrogen (secondary N) is 1. The molecule has 0 saturated carbocycles. The smallest absolute Gasteiger partial charge is 0.283 e. The molecule has 2 amide bonds. The third-order valence-corrected chi connectivity index (χ3v) is 4.79. The largest absolute Gasteiger partial charge is 0.497 e. The molecule has 0 bridgehead atoms. The van der Waals surface area contributed by atoms with Crippen molar-refractivity contribution in [2.24, 2.45) is 0 Å². The van der Waals surface area contributed by atoms with E-state index in [2.05, 4.69) is 5.32 Å². The second-order valence-corrected chi connectivity index (χ2v) is 6.78. The number of methoxy groups -OCH3 is 1. The predicted octanol–water partition coefficient (Wildman–Crippen LogP) is 4.92. The third-order valence-electron chi connectivity index (χ3n) is 4.44. The zero-order valence-corrected chi connectivity index (χ0v) is 16.7. The first-order valence-electron chi connectivity index (χ1n) is 9.09. The Morgan fingerprint density at radius 2 is 1.47 bits per heavy atom. The van der Waals surface area contributed by atoms with Crippen LogP contribution in [0, 0.1) is 0 Å². The Hall–Kier alpha value is -3.77. The van der Waals surface area contributed by atoms with Crippen LogP contribution in [0.25, 0.3) is 0 Å². The molecule has 0 spiro atoms. The summed E-state index contributed by atoms with van der Waals surface area (Å²) < 4.78 is 10.9. The maximum atomic E-state index is 12.9. The van der Waals surface area contributed by atoms with E-state index in [0.717, 1.165) is 10.6 Å². The van der Waals surface area contributed by atoms with Crippen molar-refractivity contribution in [3.63, 3.8) is 0 Å². The van der Waals surface area contributed by atoms with Gasteiger partial charge in [-0.15, -0.1) is 0 Å². The van der Waals surface area contributed by atoms with Crippen molar-refractivity contribution in [3.8, 4) is 17.2 Å². The fourth-order valence-corrected chi connectivity index (χ4v) is 3.18. The summed E-state index contributed by atoms with van der Waals surface area (Å²) in [5.41, 5.74) is 0.990. The summed E-state index contributed by atoms with van der Waals surface area (Å²) in [6.07, 6.45) is 0. The highest BCUT2D eigenvalue weighted by atomic mass is 35.5. The lowest BCUT2D eigenvalue weighted by Crippen LogP contribution is -2.32. The molecule has 0 atom stereocenters. The van der Waals surface area contributed by atoms with Crippen molar-refractivity contribution in [2.45, 2.75) is 0 Å². The minimum Gasteiger partial charge on any atom is -0.497 e. The second-order valence-electron chi connectivity index (χ2n) is 6.40. The zero-order valence-electron chi connectivity index (χ0n) is 16.0. The monoisotopic (exact) mass is 420 g/mol. The zero-order chi connectivity index (χ0) is 21.1. The summed E-state index contributed by atoms with van der Waals surface area (Å²) in [5, 5.41) is 2.77. The first kappa shape index (κ1) is 19.5. The van der Waals surface area contributed by atoms with Crippen molar-refractivity contribution >= 4 is 34.8 Å². The van der Waals surface area contributed by atoms with Crippen LogP contribution in [-0.4, -0.2) is 18.9 Å². The molecule has 1 aliphatic rings. The van der Waals surface area contributed by atoms with Gasteiger partial charge < -0.3 is 14.8 Å². The minimum absolute atomic E-state index is 0.0150. The molecule has 0 fully saturated rings. The number of rotatable bonds is 6. The van der Waals surface area contributed by atoms with Crippen LogP contribution in [0.3, 0.4) is 0 Å². The summed E-state index contributed by atoms with van der Waals surface area (Å²) in [6, 6.07) is 23.0. The van der Waals surface area contributed by atoms with Crippen molar-refractivity contribution in [1.29, 1.82) is 0 Å². The summed E-state index contributed by atoms with van der Waals surface area (Å²) in [4.78, 5) is 26.5. The lowest BCUT2D eigenvalue weighted by molar-refractivity contribution is -0.120. The Balaban J connectivity index is 1.51. The summed E-state index contributed by atoms with van der Waals surface area (Å²) >= 11 is 6.18. The lowest BCUT2D eigenvalue weighted by Gasteiger charge is -2.16. The fraction of sp³-hybridized carbons (Fsp3) is 0.0435. The highest BCUT2D eigenvalue weighted by molar-refractivity contribution is 6.53. The Bertz CT molecular complexity index is 1130. The minimum atomic E-state index is -0.596. The average Bonchev–Trinajstić information content (AvgIpc) is 2.99. The number of amides is 2. The molecule has 30 heavy (non-hydrogen) atoms. The van der Waals surface area contributed by atoms with E-state index in [-0.39, 0.29) is 10.7 Å². The topological polar surface area (TPSA) is 67.9 Å². The molecule has 0 radical (unpaired) electrons. The number of benzene rings is 3. The van der Waals surface area contributed by atoms with Crippen LogP contribution in [0.15, 0.2) is 89.6 Å². The second kappa shape index (κ2) is 8.31. The molecular weight excluding hydrogens is 404 g/mol. The Morgan fingerprint density at radius 1 is 0.800 bits per heavy atom. The number of hydrogen-bond acceptors (Lipinski definition) is 5. The molecule has 4 rings (SSSR count). The van der Waals surface area contributed by atoms with Gasteiger partial charge in [0.25, 0.3) is 11.8 Å².